The minimum absolute atomic E-state index is 0.281. The van der Waals surface area contributed by atoms with Crippen LogP contribution in [0.5, 0.6) is 5.75 Å². The summed E-state index contributed by atoms with van der Waals surface area (Å²) in [7, 11) is 1.54. The maximum atomic E-state index is 11.8. The molecule has 1 amide bonds. The lowest BCUT2D eigenvalue weighted by atomic mass is 10.2. The van der Waals surface area contributed by atoms with Gasteiger partial charge in [0, 0.05) is 11.9 Å². The van der Waals surface area contributed by atoms with Gasteiger partial charge in [0.2, 0.25) is 0 Å². The van der Waals surface area contributed by atoms with Crippen LogP contribution in [0, 0.1) is 0 Å². The molecular weight excluding hydrogens is 252 g/mol. The molecule has 0 atom stereocenters. The Balaban J connectivity index is 2.15. The number of pyridine rings is 1. The fraction of sp³-hybridized carbons (Fsp3) is 0.0769. The number of methoxy groups -OCH3 is 1. The molecule has 18 heavy (non-hydrogen) atoms. The van der Waals surface area contributed by atoms with Gasteiger partial charge in [-0.05, 0) is 30.3 Å². The fourth-order valence-corrected chi connectivity index (χ4v) is 1.69. The Morgan fingerprint density at radius 1 is 1.33 bits per heavy atom. The van der Waals surface area contributed by atoms with Gasteiger partial charge >= 0.3 is 0 Å². The van der Waals surface area contributed by atoms with Crippen molar-refractivity contribution in [2.45, 2.75) is 0 Å². The first-order chi connectivity index (χ1) is 8.70. The number of rotatable bonds is 3. The van der Waals surface area contributed by atoms with Crippen LogP contribution in [-0.2, 0) is 0 Å². The molecule has 2 aromatic rings. The summed E-state index contributed by atoms with van der Waals surface area (Å²) >= 11 is 5.97. The number of benzene rings is 1. The first-order valence-corrected chi connectivity index (χ1v) is 5.64. The van der Waals surface area contributed by atoms with Gasteiger partial charge in [-0.15, -0.1) is 0 Å². The summed E-state index contributed by atoms with van der Waals surface area (Å²) in [6.45, 7) is 0. The van der Waals surface area contributed by atoms with E-state index in [-0.39, 0.29) is 5.91 Å². The van der Waals surface area contributed by atoms with Crippen LogP contribution in [-0.4, -0.2) is 18.0 Å². The van der Waals surface area contributed by atoms with Gasteiger partial charge in [-0.25, -0.2) is 0 Å². The number of nitrogens with zero attached hydrogens (tertiary/aromatic N) is 1. The number of carbonyl (C=O) groups is 1. The number of halogens is 1. The van der Waals surface area contributed by atoms with Gasteiger partial charge < -0.3 is 10.1 Å². The molecule has 0 spiro atoms. The largest absolute Gasteiger partial charge is 0.495 e. The van der Waals surface area contributed by atoms with Crippen LogP contribution in [0.15, 0.2) is 42.6 Å². The normalized spacial score (nSPS) is 9.89. The van der Waals surface area contributed by atoms with E-state index in [1.54, 1.807) is 42.6 Å². The molecule has 5 heteroatoms. The van der Waals surface area contributed by atoms with Crippen molar-refractivity contribution in [1.29, 1.82) is 0 Å². The Hall–Kier alpha value is -2.07. The summed E-state index contributed by atoms with van der Waals surface area (Å²) in [5, 5.41) is 3.15. The molecule has 0 aliphatic heterocycles. The third-order valence-electron chi connectivity index (χ3n) is 2.31. The van der Waals surface area contributed by atoms with Crippen molar-refractivity contribution in [2.75, 3.05) is 12.4 Å². The average Bonchev–Trinajstić information content (AvgIpc) is 2.40. The summed E-state index contributed by atoms with van der Waals surface area (Å²) in [6.07, 6.45) is 1.57. The van der Waals surface area contributed by atoms with Gasteiger partial charge in [-0.3, -0.25) is 9.78 Å². The highest BCUT2D eigenvalue weighted by Gasteiger charge is 2.08. The molecule has 4 nitrogen and oxygen atoms in total. The van der Waals surface area contributed by atoms with Gasteiger partial charge in [-0.2, -0.15) is 0 Å². The molecule has 0 saturated heterocycles. The van der Waals surface area contributed by atoms with E-state index in [2.05, 4.69) is 10.3 Å². The van der Waals surface area contributed by atoms with E-state index in [9.17, 15) is 4.79 Å². The van der Waals surface area contributed by atoms with Crippen molar-refractivity contribution in [1.82, 2.24) is 4.98 Å². The minimum atomic E-state index is -0.281. The van der Waals surface area contributed by atoms with Crippen molar-refractivity contribution in [3.63, 3.8) is 0 Å². The summed E-state index contributed by atoms with van der Waals surface area (Å²) < 4.78 is 5.03. The van der Waals surface area contributed by atoms with Crippen molar-refractivity contribution >= 4 is 23.2 Å². The van der Waals surface area contributed by atoms with Crippen molar-refractivity contribution in [2.24, 2.45) is 0 Å². The first kappa shape index (κ1) is 12.4. The standard InChI is InChI=1S/C13H11ClN2O2/c1-18-12-6-5-9(8-10(12)14)16-13(17)11-4-2-3-7-15-11/h2-8H,1H3,(H,16,17). The summed E-state index contributed by atoms with van der Waals surface area (Å²) in [5.41, 5.74) is 0.945. The fourth-order valence-electron chi connectivity index (χ4n) is 1.44. The minimum Gasteiger partial charge on any atom is -0.495 e. The molecule has 1 aromatic carbocycles. The lowest BCUT2D eigenvalue weighted by Gasteiger charge is -2.07. The zero-order chi connectivity index (χ0) is 13.0. The highest BCUT2D eigenvalue weighted by Crippen LogP contribution is 2.27. The maximum absolute atomic E-state index is 11.8. The lowest BCUT2D eigenvalue weighted by molar-refractivity contribution is 0.102. The van der Waals surface area contributed by atoms with Crippen LogP contribution >= 0.6 is 11.6 Å². The van der Waals surface area contributed by atoms with Crippen LogP contribution < -0.4 is 10.1 Å². The zero-order valence-electron chi connectivity index (χ0n) is 9.68. The number of amides is 1. The summed E-state index contributed by atoms with van der Waals surface area (Å²) in [4.78, 5) is 15.8. The van der Waals surface area contributed by atoms with E-state index in [4.69, 9.17) is 16.3 Å². The number of aromatic nitrogens is 1. The van der Waals surface area contributed by atoms with Crippen molar-refractivity contribution in [3.8, 4) is 5.75 Å². The quantitative estimate of drug-likeness (QED) is 0.925. The van der Waals surface area contributed by atoms with Gasteiger partial charge in [0.05, 0.1) is 12.1 Å². The molecular formula is C13H11ClN2O2. The molecule has 0 bridgehead atoms. The molecule has 2 rings (SSSR count). The van der Waals surface area contributed by atoms with Crippen LogP contribution in [0.2, 0.25) is 5.02 Å². The Kier molecular flexibility index (Phi) is 3.79. The second-order valence-corrected chi connectivity index (χ2v) is 3.93. The number of carbonyl (C=O) groups excluding carboxylic acids is 1. The van der Waals surface area contributed by atoms with Crippen molar-refractivity contribution in [3.05, 3.63) is 53.3 Å². The molecule has 0 radical (unpaired) electrons. The van der Waals surface area contributed by atoms with Gasteiger partial charge in [0.25, 0.3) is 5.91 Å². The third kappa shape index (κ3) is 2.78. The van der Waals surface area contributed by atoms with E-state index < -0.39 is 0 Å². The number of hydrogen-bond donors (Lipinski definition) is 1. The number of hydrogen-bond acceptors (Lipinski definition) is 3. The van der Waals surface area contributed by atoms with Gasteiger partial charge in [-0.1, -0.05) is 17.7 Å². The molecule has 0 unspecified atom stereocenters. The second-order valence-electron chi connectivity index (χ2n) is 3.52. The molecule has 0 fully saturated rings. The molecule has 0 saturated carbocycles. The molecule has 92 valence electrons. The predicted molar refractivity (Wildman–Crippen MR) is 70.2 cm³/mol. The van der Waals surface area contributed by atoms with Crippen LogP contribution in [0.4, 0.5) is 5.69 Å². The Bertz CT molecular complexity index is 558. The topological polar surface area (TPSA) is 51.2 Å². The Labute approximate surface area is 110 Å². The highest BCUT2D eigenvalue weighted by molar-refractivity contribution is 6.32. The Morgan fingerprint density at radius 3 is 2.78 bits per heavy atom. The van der Waals surface area contributed by atoms with Crippen LogP contribution in [0.1, 0.15) is 10.5 Å². The lowest BCUT2D eigenvalue weighted by Crippen LogP contribution is -2.13. The summed E-state index contributed by atoms with van der Waals surface area (Å²) in [5.74, 6) is 0.282. The van der Waals surface area contributed by atoms with Gasteiger partial charge in [0.1, 0.15) is 11.4 Å². The summed E-state index contributed by atoms with van der Waals surface area (Å²) in [6, 6.07) is 10.2. The monoisotopic (exact) mass is 262 g/mol. The number of nitrogens with one attached hydrogen (secondary N) is 1. The van der Waals surface area contributed by atoms with E-state index in [0.717, 1.165) is 0 Å². The van der Waals surface area contributed by atoms with E-state index in [1.807, 2.05) is 0 Å². The third-order valence-corrected chi connectivity index (χ3v) is 2.60. The molecule has 1 N–H and O–H groups in total. The zero-order valence-corrected chi connectivity index (χ0v) is 10.4. The highest BCUT2D eigenvalue weighted by atomic mass is 35.5. The Morgan fingerprint density at radius 2 is 2.17 bits per heavy atom. The van der Waals surface area contributed by atoms with Crippen LogP contribution in [0.25, 0.3) is 0 Å². The first-order valence-electron chi connectivity index (χ1n) is 5.26. The molecule has 0 aliphatic rings. The number of ether oxygens (including phenoxy) is 1. The van der Waals surface area contributed by atoms with Gasteiger partial charge in [0.15, 0.2) is 0 Å². The molecule has 1 heterocycles. The average molecular weight is 263 g/mol. The maximum Gasteiger partial charge on any atom is 0.274 e. The molecule has 1 aromatic heterocycles. The molecule has 0 aliphatic carbocycles. The van der Waals surface area contributed by atoms with Crippen LogP contribution in [0.3, 0.4) is 0 Å². The van der Waals surface area contributed by atoms with E-state index in [1.165, 1.54) is 7.11 Å². The smallest absolute Gasteiger partial charge is 0.274 e. The second kappa shape index (κ2) is 5.51. The van der Waals surface area contributed by atoms with Crippen molar-refractivity contribution < 1.29 is 9.53 Å². The van der Waals surface area contributed by atoms with E-state index in [0.29, 0.717) is 22.2 Å². The van der Waals surface area contributed by atoms with E-state index >= 15 is 0 Å². The number of anilines is 1. The predicted octanol–water partition coefficient (Wildman–Crippen LogP) is 3.00. The SMILES string of the molecule is COc1ccc(NC(=O)c2ccccn2)cc1Cl.